The summed E-state index contributed by atoms with van der Waals surface area (Å²) in [7, 11) is 0. The Labute approximate surface area is 204 Å². The molecule has 0 amide bonds. The zero-order valence-electron chi connectivity index (χ0n) is 18.5. The van der Waals surface area contributed by atoms with Crippen LogP contribution in [-0.2, 0) is 6.42 Å². The lowest BCUT2D eigenvalue weighted by Gasteiger charge is -2.37. The topological polar surface area (TPSA) is 44.0 Å². The molecule has 2 N–H and O–H groups in total. The van der Waals surface area contributed by atoms with Gasteiger partial charge in [0.2, 0.25) is 0 Å². The number of rotatable bonds is 5. The maximum absolute atomic E-state index is 6.22. The first-order chi connectivity index (χ1) is 16.1. The molecule has 0 bridgehead atoms. The number of pyridine rings is 1. The van der Waals surface area contributed by atoms with E-state index < -0.39 is 0 Å². The number of H-pyrrole nitrogens is 1. The summed E-state index contributed by atoms with van der Waals surface area (Å²) in [4.78, 5) is 10.7. The van der Waals surface area contributed by atoms with Gasteiger partial charge in [0.15, 0.2) is 0 Å². The van der Waals surface area contributed by atoms with Crippen LogP contribution >= 0.6 is 23.2 Å². The van der Waals surface area contributed by atoms with Gasteiger partial charge in [-0.15, -0.1) is 0 Å². The third kappa shape index (κ3) is 4.65. The third-order valence-corrected chi connectivity index (χ3v) is 6.82. The molecule has 5 rings (SSSR count). The molecule has 4 nitrogen and oxygen atoms in total. The first-order valence-corrected chi connectivity index (χ1v) is 12.0. The maximum Gasteiger partial charge on any atom is 0.128 e. The van der Waals surface area contributed by atoms with Gasteiger partial charge >= 0.3 is 0 Å². The monoisotopic (exact) mass is 476 g/mol. The molecule has 0 spiro atoms. The highest BCUT2D eigenvalue weighted by Crippen LogP contribution is 2.38. The highest BCUT2D eigenvalue weighted by molar-refractivity contribution is 6.31. The quantitative estimate of drug-likeness (QED) is 0.351. The summed E-state index contributed by atoms with van der Waals surface area (Å²) < 4.78 is 0. The summed E-state index contributed by atoms with van der Waals surface area (Å²) in [6, 6.07) is 22.5. The number of halogens is 2. The number of piperazine rings is 1. The zero-order chi connectivity index (χ0) is 22.8. The molecule has 0 radical (unpaired) electrons. The molecule has 2 aromatic carbocycles. The lowest BCUT2D eigenvalue weighted by molar-refractivity contribution is 0.470. The molecule has 33 heavy (non-hydrogen) atoms. The summed E-state index contributed by atoms with van der Waals surface area (Å²) in [5.74, 6) is 1.03. The minimum atomic E-state index is 0.298. The molecule has 2 aromatic heterocycles. The number of anilines is 1. The summed E-state index contributed by atoms with van der Waals surface area (Å²) in [5, 5.41) is 5.04. The first-order valence-electron chi connectivity index (χ1n) is 11.2. The maximum atomic E-state index is 6.22. The lowest BCUT2D eigenvalue weighted by Crippen LogP contribution is -2.52. The van der Waals surface area contributed by atoms with Gasteiger partial charge in [-0.1, -0.05) is 53.5 Å². The van der Waals surface area contributed by atoms with E-state index in [1.165, 1.54) is 16.8 Å². The second-order valence-electron chi connectivity index (χ2n) is 8.44. The molecule has 1 saturated heterocycles. The molecule has 1 aliphatic rings. The number of nitrogens with zero attached hydrogens (tertiary/aromatic N) is 2. The SMILES string of the molecule is Cc1[nH]c(-c2ccc(Cl)cc2)c(-c2ccc(Cl)cc2)c1CC1CNCCN1c1ccccn1. The Morgan fingerprint density at radius 2 is 1.64 bits per heavy atom. The first kappa shape index (κ1) is 22.0. The molecular formula is C27H26Cl2N4. The van der Waals surface area contributed by atoms with Crippen LogP contribution < -0.4 is 10.2 Å². The van der Waals surface area contributed by atoms with Crippen LogP contribution in [0.5, 0.6) is 0 Å². The van der Waals surface area contributed by atoms with E-state index in [9.17, 15) is 0 Å². The second-order valence-corrected chi connectivity index (χ2v) is 9.31. The van der Waals surface area contributed by atoms with E-state index in [-0.39, 0.29) is 0 Å². The van der Waals surface area contributed by atoms with Gasteiger partial charge in [-0.3, -0.25) is 0 Å². The number of hydrogen-bond donors (Lipinski definition) is 2. The summed E-state index contributed by atoms with van der Waals surface area (Å²) in [6.07, 6.45) is 2.77. The van der Waals surface area contributed by atoms with E-state index in [0.29, 0.717) is 6.04 Å². The molecular weight excluding hydrogens is 451 g/mol. The van der Waals surface area contributed by atoms with Crippen molar-refractivity contribution in [3.05, 3.63) is 94.2 Å². The Morgan fingerprint density at radius 1 is 0.939 bits per heavy atom. The van der Waals surface area contributed by atoms with Crippen LogP contribution in [0.1, 0.15) is 11.3 Å². The van der Waals surface area contributed by atoms with E-state index in [1.807, 2.05) is 36.5 Å². The number of hydrogen-bond acceptors (Lipinski definition) is 3. The fourth-order valence-electron chi connectivity index (χ4n) is 4.69. The van der Waals surface area contributed by atoms with Gasteiger partial charge < -0.3 is 15.2 Å². The van der Waals surface area contributed by atoms with Crippen molar-refractivity contribution in [2.24, 2.45) is 0 Å². The van der Waals surface area contributed by atoms with Crippen molar-refractivity contribution >= 4 is 29.0 Å². The lowest BCUT2D eigenvalue weighted by atomic mass is 9.92. The van der Waals surface area contributed by atoms with Gasteiger partial charge in [-0.05, 0) is 66.4 Å². The second kappa shape index (κ2) is 9.60. The zero-order valence-corrected chi connectivity index (χ0v) is 20.0. The number of aryl methyl sites for hydroxylation is 1. The van der Waals surface area contributed by atoms with Gasteiger partial charge in [-0.25, -0.2) is 4.98 Å². The van der Waals surface area contributed by atoms with Crippen LogP contribution in [-0.4, -0.2) is 35.6 Å². The Kier molecular flexibility index (Phi) is 6.41. The summed E-state index contributed by atoms with van der Waals surface area (Å²) >= 11 is 12.4. The summed E-state index contributed by atoms with van der Waals surface area (Å²) in [5.41, 5.74) is 7.08. The predicted molar refractivity (Wildman–Crippen MR) is 138 cm³/mol. The van der Waals surface area contributed by atoms with Crippen LogP contribution in [0.2, 0.25) is 10.0 Å². The van der Waals surface area contributed by atoms with E-state index in [1.54, 1.807) is 0 Å². The van der Waals surface area contributed by atoms with Crippen LogP contribution in [0.3, 0.4) is 0 Å². The Bertz CT molecular complexity index is 1220. The van der Waals surface area contributed by atoms with Crippen LogP contribution in [0.25, 0.3) is 22.4 Å². The van der Waals surface area contributed by atoms with Gasteiger partial charge in [0.05, 0.1) is 5.69 Å². The molecule has 0 saturated carbocycles. The minimum Gasteiger partial charge on any atom is -0.358 e. The molecule has 4 aromatic rings. The van der Waals surface area contributed by atoms with Gasteiger partial charge in [0.25, 0.3) is 0 Å². The minimum absolute atomic E-state index is 0.298. The summed E-state index contributed by atoms with van der Waals surface area (Å²) in [6.45, 7) is 4.97. The number of aromatic nitrogens is 2. The van der Waals surface area contributed by atoms with Crippen LogP contribution in [0, 0.1) is 6.92 Å². The average Bonchev–Trinajstić information content (AvgIpc) is 3.17. The Hall–Kier alpha value is -2.79. The molecule has 0 aliphatic carbocycles. The Morgan fingerprint density at radius 3 is 2.30 bits per heavy atom. The van der Waals surface area contributed by atoms with Crippen LogP contribution in [0.15, 0.2) is 72.9 Å². The molecule has 6 heteroatoms. The van der Waals surface area contributed by atoms with Crippen molar-refractivity contribution in [1.29, 1.82) is 0 Å². The van der Waals surface area contributed by atoms with Crippen molar-refractivity contribution in [3.63, 3.8) is 0 Å². The molecule has 1 aliphatic heterocycles. The van der Waals surface area contributed by atoms with E-state index in [4.69, 9.17) is 23.2 Å². The highest BCUT2D eigenvalue weighted by atomic mass is 35.5. The molecule has 3 heterocycles. The smallest absolute Gasteiger partial charge is 0.128 e. The van der Waals surface area contributed by atoms with E-state index in [2.05, 4.69) is 63.5 Å². The standard InChI is InChI=1S/C27H26Cl2N4/c1-18-24(16-23-17-30-14-15-33(23)25-4-2-3-13-31-25)26(19-5-9-21(28)10-6-19)27(32-18)20-7-11-22(29)12-8-20/h2-13,23,30,32H,14-17H2,1H3. The third-order valence-electron chi connectivity index (χ3n) is 6.32. The predicted octanol–water partition coefficient (Wildman–Crippen LogP) is 6.38. The highest BCUT2D eigenvalue weighted by Gasteiger charge is 2.27. The normalized spacial score (nSPS) is 16.2. The van der Waals surface area contributed by atoms with Crippen molar-refractivity contribution < 1.29 is 0 Å². The van der Waals surface area contributed by atoms with Gasteiger partial charge in [0.1, 0.15) is 5.82 Å². The largest absolute Gasteiger partial charge is 0.358 e. The van der Waals surface area contributed by atoms with Crippen LogP contribution in [0.4, 0.5) is 5.82 Å². The molecule has 1 unspecified atom stereocenters. The van der Waals surface area contributed by atoms with E-state index >= 15 is 0 Å². The number of benzene rings is 2. The van der Waals surface area contributed by atoms with Gasteiger partial charge in [0, 0.05) is 53.2 Å². The fraction of sp³-hybridized carbons (Fsp3) is 0.222. The molecule has 168 valence electrons. The molecule has 1 fully saturated rings. The van der Waals surface area contributed by atoms with Crippen molar-refractivity contribution in [2.75, 3.05) is 24.5 Å². The van der Waals surface area contributed by atoms with Crippen molar-refractivity contribution in [1.82, 2.24) is 15.3 Å². The van der Waals surface area contributed by atoms with Crippen molar-refractivity contribution in [3.8, 4) is 22.4 Å². The fourth-order valence-corrected chi connectivity index (χ4v) is 4.94. The number of nitrogens with one attached hydrogen (secondary N) is 2. The molecule has 1 atom stereocenters. The van der Waals surface area contributed by atoms with E-state index in [0.717, 1.165) is 58.7 Å². The Balaban J connectivity index is 1.59. The number of aromatic amines is 1. The van der Waals surface area contributed by atoms with Gasteiger partial charge in [-0.2, -0.15) is 0 Å². The average molecular weight is 477 g/mol. The van der Waals surface area contributed by atoms with Crippen molar-refractivity contribution in [2.45, 2.75) is 19.4 Å².